The van der Waals surface area contributed by atoms with Gasteiger partial charge in [0.2, 0.25) is 5.91 Å². The number of carbonyl (C=O) groups is 2. The Morgan fingerprint density at radius 2 is 2.08 bits per heavy atom. The number of nitrogens with zero attached hydrogens (tertiary/aromatic N) is 1. The lowest BCUT2D eigenvalue weighted by atomic mass is 10.1. The van der Waals surface area contributed by atoms with Gasteiger partial charge in [-0.1, -0.05) is 46.3 Å². The third-order valence-corrected chi connectivity index (χ3v) is 4.60. The molecule has 26 heavy (non-hydrogen) atoms. The molecule has 0 bridgehead atoms. The second kappa shape index (κ2) is 8.33. The molecule has 1 unspecified atom stereocenters. The number of methoxy groups -OCH3 is 1. The van der Waals surface area contributed by atoms with Crippen molar-refractivity contribution >= 4 is 33.4 Å². The Kier molecular flexibility index (Phi) is 5.90. The van der Waals surface area contributed by atoms with Crippen LogP contribution in [0.2, 0.25) is 0 Å². The van der Waals surface area contributed by atoms with Gasteiger partial charge in [0.05, 0.1) is 11.8 Å². The Hall–Kier alpha value is -2.38. The highest BCUT2D eigenvalue weighted by Crippen LogP contribution is 2.34. The zero-order valence-corrected chi connectivity index (χ0v) is 15.9. The predicted molar refractivity (Wildman–Crippen MR) is 101 cm³/mol. The first-order chi connectivity index (χ1) is 12.6. The van der Waals surface area contributed by atoms with Crippen molar-refractivity contribution in [1.29, 1.82) is 0 Å². The zero-order valence-electron chi connectivity index (χ0n) is 14.3. The molecule has 1 atom stereocenters. The Morgan fingerprint density at radius 1 is 1.31 bits per heavy atom. The SMILES string of the molecule is COC(CNC(=O)CN1C(=O)COc2cc(Br)ccc21)c1ccccc1. The van der Waals surface area contributed by atoms with Gasteiger partial charge in [-0.2, -0.15) is 0 Å². The number of carbonyl (C=O) groups excluding carboxylic acids is 2. The Balaban J connectivity index is 1.64. The molecule has 2 aromatic rings. The van der Waals surface area contributed by atoms with E-state index in [4.69, 9.17) is 9.47 Å². The molecule has 6 nitrogen and oxygen atoms in total. The van der Waals surface area contributed by atoms with Crippen LogP contribution in [-0.2, 0) is 14.3 Å². The van der Waals surface area contributed by atoms with Crippen molar-refractivity contribution in [3.8, 4) is 5.75 Å². The fourth-order valence-electron chi connectivity index (χ4n) is 2.76. The van der Waals surface area contributed by atoms with Crippen LogP contribution < -0.4 is 15.0 Å². The zero-order chi connectivity index (χ0) is 18.5. The van der Waals surface area contributed by atoms with E-state index in [9.17, 15) is 9.59 Å². The summed E-state index contributed by atoms with van der Waals surface area (Å²) in [5, 5.41) is 2.83. The summed E-state index contributed by atoms with van der Waals surface area (Å²) in [6.07, 6.45) is -0.246. The molecule has 0 saturated carbocycles. The predicted octanol–water partition coefficient (Wildman–Crippen LogP) is 2.68. The monoisotopic (exact) mass is 418 g/mol. The van der Waals surface area contributed by atoms with Crippen LogP contribution in [0.5, 0.6) is 5.75 Å². The molecule has 3 rings (SSSR count). The Bertz CT molecular complexity index is 797. The summed E-state index contributed by atoms with van der Waals surface area (Å²) >= 11 is 3.37. The number of ether oxygens (including phenoxy) is 2. The standard InChI is InChI=1S/C19H19BrN2O4/c1-25-17(13-5-3-2-4-6-13)10-21-18(23)11-22-15-8-7-14(20)9-16(15)26-12-19(22)24/h2-9,17H,10-12H2,1H3,(H,21,23). The van der Waals surface area contributed by atoms with Gasteiger partial charge < -0.3 is 14.8 Å². The van der Waals surface area contributed by atoms with Crippen molar-refractivity contribution in [2.75, 3.05) is 31.7 Å². The summed E-state index contributed by atoms with van der Waals surface area (Å²) in [5.41, 5.74) is 1.57. The number of nitrogens with one attached hydrogen (secondary N) is 1. The van der Waals surface area contributed by atoms with Gasteiger partial charge >= 0.3 is 0 Å². The lowest BCUT2D eigenvalue weighted by Crippen LogP contribution is -2.45. The van der Waals surface area contributed by atoms with Gasteiger partial charge in [-0.15, -0.1) is 0 Å². The van der Waals surface area contributed by atoms with Gasteiger partial charge in [0.25, 0.3) is 5.91 Å². The van der Waals surface area contributed by atoms with Gasteiger partial charge in [-0.3, -0.25) is 14.5 Å². The van der Waals surface area contributed by atoms with Gasteiger partial charge in [-0.05, 0) is 23.8 Å². The number of fused-ring (bicyclic) bond motifs is 1. The van der Waals surface area contributed by atoms with E-state index in [0.29, 0.717) is 18.0 Å². The highest BCUT2D eigenvalue weighted by molar-refractivity contribution is 9.10. The highest BCUT2D eigenvalue weighted by atomic mass is 79.9. The van der Waals surface area contributed by atoms with Crippen LogP contribution in [0.25, 0.3) is 0 Å². The van der Waals surface area contributed by atoms with E-state index >= 15 is 0 Å². The van der Waals surface area contributed by atoms with E-state index in [1.807, 2.05) is 36.4 Å². The van der Waals surface area contributed by atoms with Crippen molar-refractivity contribution in [3.63, 3.8) is 0 Å². The molecule has 0 saturated heterocycles. The molecule has 0 aliphatic carbocycles. The molecule has 0 radical (unpaired) electrons. The lowest BCUT2D eigenvalue weighted by Gasteiger charge is -2.29. The summed E-state index contributed by atoms with van der Waals surface area (Å²) in [6.45, 7) is 0.175. The molecule has 1 N–H and O–H groups in total. The van der Waals surface area contributed by atoms with Crippen molar-refractivity contribution < 1.29 is 19.1 Å². The summed E-state index contributed by atoms with van der Waals surface area (Å²) in [6, 6.07) is 15.0. The molecule has 1 aliphatic heterocycles. The molecule has 0 aromatic heterocycles. The van der Waals surface area contributed by atoms with Gasteiger partial charge in [0, 0.05) is 18.1 Å². The molecule has 1 aliphatic rings. The number of halogens is 1. The van der Waals surface area contributed by atoms with E-state index in [1.165, 1.54) is 4.90 Å². The second-order valence-electron chi connectivity index (χ2n) is 5.82. The molecule has 7 heteroatoms. The third-order valence-electron chi connectivity index (χ3n) is 4.11. The van der Waals surface area contributed by atoms with Gasteiger partial charge in [0.1, 0.15) is 12.3 Å². The molecular weight excluding hydrogens is 400 g/mol. The third kappa shape index (κ3) is 4.23. The van der Waals surface area contributed by atoms with Crippen molar-refractivity contribution in [1.82, 2.24) is 5.32 Å². The molecule has 0 spiro atoms. The number of anilines is 1. The highest BCUT2D eigenvalue weighted by Gasteiger charge is 2.27. The average molecular weight is 419 g/mol. The fraction of sp³-hybridized carbons (Fsp3) is 0.263. The molecule has 136 valence electrons. The average Bonchev–Trinajstić information content (AvgIpc) is 2.65. The summed E-state index contributed by atoms with van der Waals surface area (Å²) in [5.74, 6) is 0.0688. The van der Waals surface area contributed by atoms with Crippen LogP contribution in [0.15, 0.2) is 53.0 Å². The molecule has 2 amide bonds. The van der Waals surface area contributed by atoms with Crippen molar-refractivity contribution in [2.45, 2.75) is 6.10 Å². The second-order valence-corrected chi connectivity index (χ2v) is 6.74. The smallest absolute Gasteiger partial charge is 0.265 e. The van der Waals surface area contributed by atoms with E-state index in [2.05, 4.69) is 21.2 Å². The summed E-state index contributed by atoms with van der Waals surface area (Å²) in [4.78, 5) is 26.0. The maximum atomic E-state index is 12.4. The van der Waals surface area contributed by atoms with Crippen LogP contribution in [-0.4, -0.2) is 38.6 Å². The number of rotatable bonds is 6. The number of hydrogen-bond donors (Lipinski definition) is 1. The number of hydrogen-bond acceptors (Lipinski definition) is 4. The van der Waals surface area contributed by atoms with Crippen LogP contribution in [0, 0.1) is 0 Å². The normalized spacial score (nSPS) is 14.4. The van der Waals surface area contributed by atoms with Crippen LogP contribution in [0.1, 0.15) is 11.7 Å². The van der Waals surface area contributed by atoms with Crippen LogP contribution >= 0.6 is 15.9 Å². The van der Waals surface area contributed by atoms with Gasteiger partial charge in [0.15, 0.2) is 6.61 Å². The topological polar surface area (TPSA) is 67.9 Å². The Morgan fingerprint density at radius 3 is 2.81 bits per heavy atom. The number of benzene rings is 2. The van der Waals surface area contributed by atoms with Crippen molar-refractivity contribution in [3.05, 3.63) is 58.6 Å². The molecule has 0 fully saturated rings. The summed E-state index contributed by atoms with van der Waals surface area (Å²) < 4.78 is 11.7. The Labute approximate surface area is 160 Å². The van der Waals surface area contributed by atoms with E-state index < -0.39 is 0 Å². The van der Waals surface area contributed by atoms with Crippen LogP contribution in [0.4, 0.5) is 5.69 Å². The van der Waals surface area contributed by atoms with E-state index in [1.54, 1.807) is 19.2 Å². The van der Waals surface area contributed by atoms with Gasteiger partial charge in [-0.25, -0.2) is 0 Å². The minimum absolute atomic E-state index is 0.0674. The maximum Gasteiger partial charge on any atom is 0.265 e. The number of amides is 2. The van der Waals surface area contributed by atoms with E-state index in [-0.39, 0.29) is 31.1 Å². The molecule has 2 aromatic carbocycles. The minimum atomic E-state index is -0.257. The largest absolute Gasteiger partial charge is 0.482 e. The molecular formula is C19H19BrN2O4. The van der Waals surface area contributed by atoms with E-state index in [0.717, 1.165) is 10.0 Å². The first-order valence-electron chi connectivity index (χ1n) is 8.15. The maximum absolute atomic E-state index is 12.4. The van der Waals surface area contributed by atoms with Crippen LogP contribution in [0.3, 0.4) is 0 Å². The summed E-state index contributed by atoms with van der Waals surface area (Å²) in [7, 11) is 1.60. The first-order valence-corrected chi connectivity index (χ1v) is 8.95. The lowest BCUT2D eigenvalue weighted by molar-refractivity contribution is -0.125. The first kappa shape index (κ1) is 18.4. The quantitative estimate of drug-likeness (QED) is 0.782. The molecule has 1 heterocycles. The fourth-order valence-corrected chi connectivity index (χ4v) is 3.10. The minimum Gasteiger partial charge on any atom is -0.482 e. The van der Waals surface area contributed by atoms with Crippen molar-refractivity contribution in [2.24, 2.45) is 0 Å².